The summed E-state index contributed by atoms with van der Waals surface area (Å²) in [7, 11) is 0. The molecule has 14 aromatic rings. The predicted molar refractivity (Wildman–Crippen MR) is 475 cm³/mol. The van der Waals surface area contributed by atoms with Gasteiger partial charge in [-0.3, -0.25) is 69.8 Å². The molecule has 21 rings (SSSR count). The fourth-order valence-electron chi connectivity index (χ4n) is 18.4. The van der Waals surface area contributed by atoms with E-state index in [9.17, 15) is 0 Å². The summed E-state index contributed by atoms with van der Waals surface area (Å²) >= 11 is 0. The lowest BCUT2D eigenvalue weighted by Crippen LogP contribution is -1.98. The van der Waals surface area contributed by atoms with Crippen molar-refractivity contribution in [2.45, 2.75) is 225 Å². The zero-order chi connectivity index (χ0) is 83.3. The van der Waals surface area contributed by atoms with E-state index in [0.717, 1.165) is 119 Å². The topological polar surface area (TPSA) is 180 Å². The van der Waals surface area contributed by atoms with Crippen LogP contribution in [0.25, 0.3) is 77.9 Å². The second-order valence-corrected chi connectivity index (χ2v) is 33.6. The Kier molecular flexibility index (Phi) is 21.7. The molecule has 0 atom stereocenters. The third-order valence-corrected chi connectivity index (χ3v) is 25.9. The van der Waals surface area contributed by atoms with Crippen LogP contribution in [0.2, 0.25) is 0 Å². The van der Waals surface area contributed by atoms with Crippen LogP contribution in [-0.2, 0) is 44.9 Å². The van der Waals surface area contributed by atoms with Crippen molar-refractivity contribution in [1.29, 1.82) is 0 Å². The summed E-state index contributed by atoms with van der Waals surface area (Å²) in [4.78, 5) is 63.9. The second kappa shape index (κ2) is 31.6. The van der Waals surface area contributed by atoms with Crippen LogP contribution < -0.4 is 0 Å². The molecule has 0 spiro atoms. The van der Waals surface area contributed by atoms with Crippen molar-refractivity contribution in [3.05, 3.63) is 323 Å². The van der Waals surface area contributed by atoms with E-state index in [2.05, 4.69) is 284 Å². The molecule has 7 aliphatic rings. The third kappa shape index (κ3) is 14.8. The maximum Gasteiger partial charge on any atom is 0.0532 e. The average Bonchev–Trinajstić information content (AvgIpc) is 1.65. The highest BCUT2D eigenvalue weighted by atomic mass is 14.8. The summed E-state index contributed by atoms with van der Waals surface area (Å²) < 4.78 is 0. The van der Waals surface area contributed by atoms with Crippen molar-refractivity contribution in [3.63, 3.8) is 0 Å². The van der Waals surface area contributed by atoms with Crippen molar-refractivity contribution in [2.75, 3.05) is 0 Å². The number of nitrogens with zero attached hydrogens (tertiary/aromatic N) is 14. The van der Waals surface area contributed by atoms with Gasteiger partial charge in [-0.2, -0.15) is 0 Å². The lowest BCUT2D eigenvalue weighted by molar-refractivity contribution is 1.04. The summed E-state index contributed by atoms with van der Waals surface area (Å²) in [6.07, 6.45) is 22.5. The summed E-state index contributed by atoms with van der Waals surface area (Å²) in [6.45, 7) is 54.9. The van der Waals surface area contributed by atoms with Crippen LogP contribution in [0.1, 0.15) is 225 Å². The zero-order valence-electron chi connectivity index (χ0n) is 73.4. The number of fused-ring (bicyclic) bond motifs is 21. The first-order chi connectivity index (χ1) is 55.7. The Morgan fingerprint density at radius 3 is 1.10 bits per heavy atom. The van der Waals surface area contributed by atoms with Crippen molar-refractivity contribution >= 4 is 0 Å². The van der Waals surface area contributed by atoms with Gasteiger partial charge < -0.3 is 0 Å². The van der Waals surface area contributed by atoms with Crippen LogP contribution in [0.15, 0.2) is 98.1 Å². The van der Waals surface area contributed by atoms with Crippen LogP contribution in [0.5, 0.6) is 0 Å². The predicted octanol–water partition coefficient (Wildman–Crippen LogP) is 22.4. The minimum Gasteiger partial charge on any atom is -0.261 e. The third-order valence-electron chi connectivity index (χ3n) is 25.9. The molecule has 0 saturated carbocycles. The van der Waals surface area contributed by atoms with Gasteiger partial charge in [0.25, 0.3) is 0 Å². The van der Waals surface area contributed by atoms with Gasteiger partial charge in [0.05, 0.1) is 39.9 Å². The summed E-state index contributed by atoms with van der Waals surface area (Å²) in [5.41, 5.74) is 68.0. The molecule has 14 heterocycles. The lowest BCUT2D eigenvalue weighted by Gasteiger charge is -2.11. The van der Waals surface area contributed by atoms with Gasteiger partial charge in [-0.1, -0.05) is 12.1 Å². The van der Waals surface area contributed by atoms with E-state index in [-0.39, 0.29) is 0 Å². The first-order valence-electron chi connectivity index (χ1n) is 41.2. The number of aromatic nitrogens is 14. The Morgan fingerprint density at radius 1 is 0.188 bits per heavy atom. The van der Waals surface area contributed by atoms with Crippen LogP contribution in [0, 0.1) is 180 Å². The fraction of sp³-hybridized carbons (Fsp3) is 0.320. The molecule has 14 aromatic heterocycles. The van der Waals surface area contributed by atoms with Gasteiger partial charge in [0, 0.05) is 246 Å². The van der Waals surface area contributed by atoms with Gasteiger partial charge in [-0.15, -0.1) is 0 Å². The largest absolute Gasteiger partial charge is 0.261 e. The number of rotatable bonds is 0. The van der Waals surface area contributed by atoms with Crippen LogP contribution >= 0.6 is 0 Å². The molecule has 0 N–H and O–H groups in total. The molecule has 117 heavy (non-hydrogen) atoms. The van der Waals surface area contributed by atoms with Gasteiger partial charge >= 0.3 is 0 Å². The molecule has 0 unspecified atom stereocenters. The number of pyridine rings is 14. The molecule has 14 nitrogen and oxygen atoms in total. The highest BCUT2D eigenvalue weighted by Crippen LogP contribution is 2.47. The van der Waals surface area contributed by atoms with Crippen LogP contribution in [-0.4, -0.2) is 69.8 Å². The highest BCUT2D eigenvalue weighted by Gasteiger charge is 2.32. The Morgan fingerprint density at radius 2 is 0.556 bits per heavy atom. The Balaban J connectivity index is 0.000000107. The summed E-state index contributed by atoms with van der Waals surface area (Å²) in [5, 5.41) is 0. The van der Waals surface area contributed by atoms with E-state index in [1.165, 1.54) is 229 Å². The maximum absolute atomic E-state index is 4.67. The molecule has 0 radical (unpaired) electrons. The van der Waals surface area contributed by atoms with Crippen molar-refractivity contribution in [2.24, 2.45) is 0 Å². The van der Waals surface area contributed by atoms with Gasteiger partial charge in [0.2, 0.25) is 0 Å². The lowest BCUT2D eigenvalue weighted by atomic mass is 9.98. The van der Waals surface area contributed by atoms with E-state index in [4.69, 9.17) is 0 Å². The molecule has 7 aliphatic carbocycles. The molecule has 14 heteroatoms. The molecule has 0 saturated heterocycles. The fourth-order valence-corrected chi connectivity index (χ4v) is 18.4. The number of aryl methyl sites for hydroxylation is 18. The minimum absolute atomic E-state index is 0.958. The smallest absolute Gasteiger partial charge is 0.0532 e. The van der Waals surface area contributed by atoms with Crippen molar-refractivity contribution < 1.29 is 0 Å². The van der Waals surface area contributed by atoms with E-state index < -0.39 is 0 Å². The van der Waals surface area contributed by atoms with E-state index in [1.807, 2.05) is 63.4 Å². The molecule has 0 bridgehead atoms. The van der Waals surface area contributed by atoms with Crippen molar-refractivity contribution in [3.8, 4) is 77.9 Å². The zero-order valence-corrected chi connectivity index (χ0v) is 73.4. The van der Waals surface area contributed by atoms with Gasteiger partial charge in [0.15, 0.2) is 0 Å². The van der Waals surface area contributed by atoms with Gasteiger partial charge in [-0.25, -0.2) is 0 Å². The Hall–Kier alpha value is -11.9. The summed E-state index contributed by atoms with van der Waals surface area (Å²) in [5.74, 6) is 0. The maximum atomic E-state index is 4.67. The van der Waals surface area contributed by atoms with E-state index in [0.29, 0.717) is 0 Å². The Bertz CT molecular complexity index is 6490. The van der Waals surface area contributed by atoms with Crippen LogP contribution in [0.4, 0.5) is 0 Å². The molecule has 590 valence electrons. The second-order valence-electron chi connectivity index (χ2n) is 33.6. The highest BCUT2D eigenvalue weighted by molar-refractivity contribution is 5.85. The molecule has 0 amide bonds. The molecule has 0 aliphatic heterocycles. The average molecular weight is 1540 g/mol. The van der Waals surface area contributed by atoms with Gasteiger partial charge in [0.1, 0.15) is 0 Å². The van der Waals surface area contributed by atoms with E-state index >= 15 is 0 Å². The number of hydrogen-bond donors (Lipinski definition) is 0. The molecule has 0 aromatic carbocycles. The van der Waals surface area contributed by atoms with Crippen LogP contribution in [0.3, 0.4) is 0 Å². The van der Waals surface area contributed by atoms with Gasteiger partial charge in [-0.05, 0) is 328 Å². The monoisotopic (exact) mass is 1540 g/mol. The normalized spacial score (nSPS) is 12.5. The quantitative estimate of drug-likeness (QED) is 0.140. The van der Waals surface area contributed by atoms with Crippen molar-refractivity contribution in [1.82, 2.24) is 69.8 Å². The SMILES string of the molecule is Cc1cc(C)c2c(n1)Cc1c-2cnc(C)c1C.Cc1ccc2c(n1)Cc1c(C)c(C)nc(C)c1-2.Cc1ccc2c(n1)Cc1c-2cnc(C)c1C.Cc1ccnc2c1-c1c(C)nc(C)c(C)c1C2.Cc1cnc2c(c1)-c1c(C)nc(C)c(C)c1C2.Cc1cnc2c(c1)-c1cnc(C)c(C)c1C2.Cc1cnc2c(c1C)-c1cnc(C)c(C)c1C2. The Labute approximate surface area is 691 Å². The molecule has 0 fully saturated rings. The first-order valence-corrected chi connectivity index (χ1v) is 41.2. The molecular formula is C103H108N14. The summed E-state index contributed by atoms with van der Waals surface area (Å²) in [6, 6.07) is 17.2. The first kappa shape index (κ1) is 80.3. The standard InChI is InChI=1S/5C15H16N2.2C14H14N2/c1-8-6-17-14-5-12-10(3)11(4)16-7-13(12)15(14)9(8)2;1-8-5-9(2)17-14-6-12-10(3)11(4)16-7-13(12)15(8)14;1-8-5-13-14(16-7-8)6-12-9(2)10(3)17-11(4)15(12)13;1-8-5-6-16-13-7-12-9(2)10(3)17-11(4)15(12)14(8)13;1-8-5-6-12-14(16-8)7-13-9(2)10(3)17-11(4)15(12)13;1-8-4-12-13-7-15-10(3)9(2)11(13)5-14(12)16-6-8;1-8-4-5-11-13-7-15-10(3)9(2)12(13)6-14(11)16-8/h6-7H,5H2,1-4H3;2*5,7H,6H2,1-4H3;2*5-6H,7H2,1-4H3;4,6-7H,5H2,1-3H3;4-5,7H,6H2,1-3H3. The number of hydrogen-bond acceptors (Lipinski definition) is 14. The minimum atomic E-state index is 0.958. The van der Waals surface area contributed by atoms with E-state index in [1.54, 1.807) is 0 Å². The molecular weight excluding hydrogens is 1430 g/mol.